The molecule has 5 nitrogen and oxygen atoms in total. The lowest BCUT2D eigenvalue weighted by Gasteiger charge is -2.48. The number of hydrogen-bond acceptors (Lipinski definition) is 4. The van der Waals surface area contributed by atoms with Gasteiger partial charge in [-0.05, 0) is 54.2 Å². The average molecular weight is 478 g/mol. The number of amides is 1. The van der Waals surface area contributed by atoms with Gasteiger partial charge < -0.3 is 15.2 Å². The first-order valence-electron chi connectivity index (χ1n) is 13.0. The molecule has 5 heteroatoms. The van der Waals surface area contributed by atoms with E-state index in [4.69, 9.17) is 4.74 Å². The SMILES string of the molecule is CC(=O)O[C@@H]1/C=C/[C@@H](C)CC(C)C/C=C/[C@H]2C=C(CO)[C@@H](C)[C@H]3[C@H](Cc4ccccc4)NC(=O)[C@]321. The van der Waals surface area contributed by atoms with Crippen LogP contribution in [0.3, 0.4) is 0 Å². The summed E-state index contributed by atoms with van der Waals surface area (Å²) in [5, 5.41) is 13.6. The molecule has 1 amide bonds. The number of carbonyl (C=O) groups is 2. The second kappa shape index (κ2) is 10.5. The zero-order valence-corrected chi connectivity index (χ0v) is 21.3. The quantitative estimate of drug-likeness (QED) is 0.490. The Morgan fingerprint density at radius 1 is 1.14 bits per heavy atom. The van der Waals surface area contributed by atoms with Crippen molar-refractivity contribution in [3.05, 3.63) is 71.8 Å². The molecule has 1 saturated heterocycles. The summed E-state index contributed by atoms with van der Waals surface area (Å²) in [4.78, 5) is 26.5. The summed E-state index contributed by atoms with van der Waals surface area (Å²) < 4.78 is 5.99. The van der Waals surface area contributed by atoms with Gasteiger partial charge in [0.15, 0.2) is 0 Å². The minimum atomic E-state index is -0.983. The van der Waals surface area contributed by atoms with E-state index in [1.807, 2.05) is 24.3 Å². The van der Waals surface area contributed by atoms with Gasteiger partial charge in [0, 0.05) is 24.8 Å². The van der Waals surface area contributed by atoms with Crippen LogP contribution < -0.4 is 5.32 Å². The molecule has 3 aliphatic rings. The summed E-state index contributed by atoms with van der Waals surface area (Å²) >= 11 is 0. The van der Waals surface area contributed by atoms with Gasteiger partial charge in [-0.25, -0.2) is 0 Å². The molecule has 1 aliphatic heterocycles. The first kappa shape index (κ1) is 25.4. The monoisotopic (exact) mass is 477 g/mol. The zero-order chi connectivity index (χ0) is 25.2. The predicted octanol–water partition coefficient (Wildman–Crippen LogP) is 4.62. The standard InChI is InChI=1S/C30H39NO4/c1-19-9-8-12-25-17-24(18-32)21(3)28-26(16-23-10-6-5-7-11-23)31-29(34)30(25,28)27(35-22(4)33)14-13-20(2)15-19/h5-8,10-14,17,19-21,25-28,32H,9,15-16,18H2,1-4H3,(H,31,34)/b12-8+,14-13+/t19?,20-,21-,25+,26+,27-,28+,30-/m1/s1. The molecular weight excluding hydrogens is 438 g/mol. The Bertz CT molecular complexity index is 1010. The third-order valence-electron chi connectivity index (χ3n) is 8.28. The van der Waals surface area contributed by atoms with Crippen molar-refractivity contribution in [1.29, 1.82) is 0 Å². The smallest absolute Gasteiger partial charge is 0.303 e. The van der Waals surface area contributed by atoms with Gasteiger partial charge in [0.25, 0.3) is 0 Å². The number of esters is 1. The number of hydrogen-bond donors (Lipinski definition) is 2. The molecular formula is C30H39NO4. The van der Waals surface area contributed by atoms with Crippen molar-refractivity contribution in [2.45, 2.75) is 59.1 Å². The van der Waals surface area contributed by atoms with Crippen LogP contribution in [-0.2, 0) is 20.7 Å². The maximum atomic E-state index is 14.1. The van der Waals surface area contributed by atoms with Crippen molar-refractivity contribution < 1.29 is 19.4 Å². The Morgan fingerprint density at radius 3 is 2.57 bits per heavy atom. The van der Waals surface area contributed by atoms with Crippen LogP contribution in [0.15, 0.2) is 66.3 Å². The summed E-state index contributed by atoms with van der Waals surface area (Å²) in [6, 6.07) is 10.0. The molecule has 0 saturated carbocycles. The van der Waals surface area contributed by atoms with Crippen LogP contribution in [0, 0.1) is 35.0 Å². The van der Waals surface area contributed by atoms with Crippen LogP contribution in [0.5, 0.6) is 0 Å². The van der Waals surface area contributed by atoms with Crippen LogP contribution in [0.2, 0.25) is 0 Å². The third-order valence-corrected chi connectivity index (χ3v) is 8.28. The van der Waals surface area contributed by atoms with Crippen molar-refractivity contribution in [2.24, 2.45) is 35.0 Å². The molecule has 1 heterocycles. The summed E-state index contributed by atoms with van der Waals surface area (Å²) in [5.74, 6) is -0.165. The number of benzene rings is 1. The third kappa shape index (κ3) is 4.88. The minimum Gasteiger partial charge on any atom is -0.457 e. The van der Waals surface area contributed by atoms with E-state index in [1.54, 1.807) is 0 Å². The lowest BCUT2D eigenvalue weighted by atomic mass is 9.54. The number of allylic oxidation sites excluding steroid dienone is 4. The molecule has 4 rings (SSSR count). The van der Waals surface area contributed by atoms with E-state index in [0.717, 1.165) is 24.0 Å². The topological polar surface area (TPSA) is 75.6 Å². The van der Waals surface area contributed by atoms with Crippen molar-refractivity contribution >= 4 is 11.9 Å². The van der Waals surface area contributed by atoms with E-state index in [-0.39, 0.29) is 36.3 Å². The predicted molar refractivity (Wildman–Crippen MR) is 137 cm³/mol. The van der Waals surface area contributed by atoms with Gasteiger partial charge in [-0.3, -0.25) is 9.59 Å². The van der Waals surface area contributed by atoms with E-state index in [0.29, 0.717) is 18.3 Å². The molecule has 2 aliphatic carbocycles. The second-order valence-electron chi connectivity index (χ2n) is 10.8. The van der Waals surface area contributed by atoms with Crippen LogP contribution in [0.1, 0.15) is 46.1 Å². The number of nitrogens with one attached hydrogen (secondary N) is 1. The van der Waals surface area contributed by atoms with Crippen molar-refractivity contribution in [3.8, 4) is 0 Å². The van der Waals surface area contributed by atoms with Gasteiger partial charge in [0.2, 0.25) is 5.91 Å². The number of aliphatic hydroxyl groups excluding tert-OH is 1. The largest absolute Gasteiger partial charge is 0.457 e. The first-order valence-corrected chi connectivity index (χ1v) is 13.0. The van der Waals surface area contributed by atoms with Gasteiger partial charge in [-0.15, -0.1) is 0 Å². The highest BCUT2D eigenvalue weighted by Gasteiger charge is 2.65. The summed E-state index contributed by atoms with van der Waals surface area (Å²) in [6.45, 7) is 7.87. The van der Waals surface area contributed by atoms with E-state index < -0.39 is 17.5 Å². The molecule has 1 unspecified atom stereocenters. The number of ether oxygens (including phenoxy) is 1. The van der Waals surface area contributed by atoms with Crippen molar-refractivity contribution in [2.75, 3.05) is 6.61 Å². The van der Waals surface area contributed by atoms with E-state index >= 15 is 0 Å². The molecule has 2 N–H and O–H groups in total. The molecule has 8 atom stereocenters. The second-order valence-corrected chi connectivity index (χ2v) is 10.8. The van der Waals surface area contributed by atoms with Gasteiger partial charge in [-0.2, -0.15) is 0 Å². The van der Waals surface area contributed by atoms with Crippen LogP contribution in [-0.4, -0.2) is 35.7 Å². The van der Waals surface area contributed by atoms with E-state index in [2.05, 4.69) is 62.5 Å². The van der Waals surface area contributed by atoms with Crippen LogP contribution in [0.25, 0.3) is 0 Å². The molecule has 1 aromatic carbocycles. The fourth-order valence-corrected chi connectivity index (χ4v) is 6.75. The highest BCUT2D eigenvalue weighted by Crippen LogP contribution is 2.56. The maximum absolute atomic E-state index is 14.1. The summed E-state index contributed by atoms with van der Waals surface area (Å²) in [5.41, 5.74) is 1.10. The lowest BCUT2D eigenvalue weighted by Crippen LogP contribution is -2.55. The molecule has 1 aromatic rings. The molecule has 35 heavy (non-hydrogen) atoms. The zero-order valence-electron chi connectivity index (χ0n) is 21.3. The van der Waals surface area contributed by atoms with Crippen molar-refractivity contribution in [3.63, 3.8) is 0 Å². The molecule has 1 fully saturated rings. The van der Waals surface area contributed by atoms with Gasteiger partial charge in [-0.1, -0.05) is 75.4 Å². The molecule has 0 radical (unpaired) electrons. The molecule has 0 bridgehead atoms. The van der Waals surface area contributed by atoms with Gasteiger partial charge in [0.05, 0.1) is 6.61 Å². The minimum absolute atomic E-state index is 0.0498. The fraction of sp³-hybridized carbons (Fsp3) is 0.533. The Balaban J connectivity index is 1.90. The Kier molecular flexibility index (Phi) is 7.65. The van der Waals surface area contributed by atoms with Crippen LogP contribution in [0.4, 0.5) is 0 Å². The summed E-state index contributed by atoms with van der Waals surface area (Å²) in [6.07, 6.45) is 12.4. The van der Waals surface area contributed by atoms with Gasteiger partial charge >= 0.3 is 5.97 Å². The average Bonchev–Trinajstić information content (AvgIpc) is 3.10. The number of carbonyl (C=O) groups excluding carboxylic acids is 2. The van der Waals surface area contributed by atoms with Crippen LogP contribution >= 0.6 is 0 Å². The summed E-state index contributed by atoms with van der Waals surface area (Å²) in [7, 11) is 0. The Hall–Kier alpha value is -2.66. The normalized spacial score (nSPS) is 38.7. The maximum Gasteiger partial charge on any atom is 0.303 e. The lowest BCUT2D eigenvalue weighted by molar-refractivity contribution is -0.159. The Labute approximate surface area is 209 Å². The number of rotatable bonds is 4. The fourth-order valence-electron chi connectivity index (χ4n) is 6.75. The first-order chi connectivity index (χ1) is 16.8. The highest BCUT2D eigenvalue weighted by atomic mass is 16.5. The van der Waals surface area contributed by atoms with Gasteiger partial charge in [0.1, 0.15) is 11.5 Å². The van der Waals surface area contributed by atoms with E-state index in [1.165, 1.54) is 6.92 Å². The molecule has 188 valence electrons. The van der Waals surface area contributed by atoms with E-state index in [9.17, 15) is 14.7 Å². The molecule has 1 spiro atoms. The highest BCUT2D eigenvalue weighted by molar-refractivity contribution is 5.89. The Morgan fingerprint density at radius 2 is 1.89 bits per heavy atom. The number of aliphatic hydroxyl groups is 1. The molecule has 0 aromatic heterocycles. The van der Waals surface area contributed by atoms with Crippen molar-refractivity contribution in [1.82, 2.24) is 5.32 Å².